The van der Waals surface area contributed by atoms with E-state index < -0.39 is 0 Å². The number of carbonyl (C=O) groups is 1. The number of benzene rings is 2. The zero-order chi connectivity index (χ0) is 20.9. The van der Waals surface area contributed by atoms with Crippen LogP contribution in [0.25, 0.3) is 11.4 Å². The molecule has 0 atom stereocenters. The molecular weight excluding hydrogens is 380 g/mol. The summed E-state index contributed by atoms with van der Waals surface area (Å²) >= 11 is 0. The predicted octanol–water partition coefficient (Wildman–Crippen LogP) is 4.72. The molecule has 1 aliphatic rings. The number of hydrogen-bond acceptors (Lipinski definition) is 5. The predicted molar refractivity (Wildman–Crippen MR) is 115 cm³/mol. The Morgan fingerprint density at radius 3 is 2.77 bits per heavy atom. The van der Waals surface area contributed by atoms with Crippen molar-refractivity contribution in [2.24, 2.45) is 0 Å². The minimum atomic E-state index is -0.0655. The van der Waals surface area contributed by atoms with E-state index in [1.165, 1.54) is 5.56 Å². The molecule has 30 heavy (non-hydrogen) atoms. The standard InChI is InChI=1S/C23H26N4O3/c1-3-16-6-4-8-19(14-16)24-23(28)27-12-10-17(11-13-27)22-25-21(26-30-22)18-7-5-9-20(15-18)29-2/h4-9,14-15,17H,3,10-13H2,1-2H3,(H,24,28). The minimum absolute atomic E-state index is 0.0655. The fraction of sp³-hybridized carbons (Fsp3) is 0.348. The number of carbonyl (C=O) groups excluding carboxylic acids is 1. The number of rotatable bonds is 5. The van der Waals surface area contributed by atoms with Crippen LogP contribution in [0.2, 0.25) is 0 Å². The number of piperidine rings is 1. The maximum absolute atomic E-state index is 12.6. The smallest absolute Gasteiger partial charge is 0.321 e. The number of urea groups is 1. The molecule has 0 saturated carbocycles. The van der Waals surface area contributed by atoms with Crippen LogP contribution in [0.3, 0.4) is 0 Å². The van der Waals surface area contributed by atoms with Crippen LogP contribution in [0.5, 0.6) is 5.75 Å². The van der Waals surface area contributed by atoms with E-state index in [9.17, 15) is 4.79 Å². The lowest BCUT2D eigenvalue weighted by Gasteiger charge is -2.30. The van der Waals surface area contributed by atoms with Gasteiger partial charge in [-0.25, -0.2) is 4.79 Å². The lowest BCUT2D eigenvalue weighted by Crippen LogP contribution is -2.40. The number of anilines is 1. The lowest BCUT2D eigenvalue weighted by molar-refractivity contribution is 0.187. The number of ether oxygens (including phenoxy) is 1. The molecule has 156 valence electrons. The van der Waals surface area contributed by atoms with Crippen molar-refractivity contribution in [3.63, 3.8) is 0 Å². The minimum Gasteiger partial charge on any atom is -0.497 e. The average Bonchev–Trinajstić information content (AvgIpc) is 3.30. The Balaban J connectivity index is 1.35. The van der Waals surface area contributed by atoms with Gasteiger partial charge in [0.1, 0.15) is 5.75 Å². The van der Waals surface area contributed by atoms with Gasteiger partial charge in [-0.3, -0.25) is 0 Å². The Hall–Kier alpha value is -3.35. The van der Waals surface area contributed by atoms with E-state index >= 15 is 0 Å². The number of likely N-dealkylation sites (tertiary alicyclic amines) is 1. The first-order chi connectivity index (χ1) is 14.7. The third-order valence-corrected chi connectivity index (χ3v) is 5.49. The summed E-state index contributed by atoms with van der Waals surface area (Å²) in [6.07, 6.45) is 2.53. The molecule has 2 amide bonds. The number of aryl methyl sites for hydroxylation is 1. The topological polar surface area (TPSA) is 80.5 Å². The fourth-order valence-electron chi connectivity index (χ4n) is 3.68. The molecule has 2 aromatic carbocycles. The van der Waals surface area contributed by atoms with E-state index in [2.05, 4.69) is 28.4 Å². The quantitative estimate of drug-likeness (QED) is 0.663. The van der Waals surface area contributed by atoms with Gasteiger partial charge in [-0.15, -0.1) is 0 Å². The molecule has 1 aliphatic heterocycles. The average molecular weight is 406 g/mol. The highest BCUT2D eigenvalue weighted by Crippen LogP contribution is 2.29. The van der Waals surface area contributed by atoms with Crippen molar-refractivity contribution in [1.29, 1.82) is 0 Å². The van der Waals surface area contributed by atoms with Crippen LogP contribution < -0.4 is 10.1 Å². The summed E-state index contributed by atoms with van der Waals surface area (Å²) in [7, 11) is 1.63. The summed E-state index contributed by atoms with van der Waals surface area (Å²) in [5.74, 6) is 2.09. The molecule has 7 nitrogen and oxygen atoms in total. The van der Waals surface area contributed by atoms with Gasteiger partial charge < -0.3 is 19.5 Å². The Labute approximate surface area is 176 Å². The van der Waals surface area contributed by atoms with Gasteiger partial charge in [0.15, 0.2) is 0 Å². The molecule has 0 bridgehead atoms. The van der Waals surface area contributed by atoms with Crippen LogP contribution in [0.15, 0.2) is 53.1 Å². The summed E-state index contributed by atoms with van der Waals surface area (Å²) in [4.78, 5) is 19.0. The first-order valence-electron chi connectivity index (χ1n) is 10.3. The summed E-state index contributed by atoms with van der Waals surface area (Å²) in [5, 5.41) is 7.13. The lowest BCUT2D eigenvalue weighted by atomic mass is 9.97. The monoisotopic (exact) mass is 406 g/mol. The largest absolute Gasteiger partial charge is 0.497 e. The summed E-state index contributed by atoms with van der Waals surface area (Å²) < 4.78 is 10.8. The molecule has 1 aromatic heterocycles. The molecular formula is C23H26N4O3. The summed E-state index contributed by atoms with van der Waals surface area (Å²) in [6.45, 7) is 3.41. The van der Waals surface area contributed by atoms with Gasteiger partial charge in [-0.2, -0.15) is 4.98 Å². The zero-order valence-corrected chi connectivity index (χ0v) is 17.3. The number of hydrogen-bond donors (Lipinski definition) is 1. The third kappa shape index (κ3) is 4.45. The zero-order valence-electron chi connectivity index (χ0n) is 17.3. The summed E-state index contributed by atoms with van der Waals surface area (Å²) in [5.41, 5.74) is 2.89. The van der Waals surface area contributed by atoms with Crippen molar-refractivity contribution in [3.8, 4) is 17.1 Å². The van der Waals surface area contributed by atoms with Gasteiger partial charge >= 0.3 is 6.03 Å². The van der Waals surface area contributed by atoms with Gasteiger partial charge in [0.25, 0.3) is 0 Å². The van der Waals surface area contributed by atoms with E-state index in [4.69, 9.17) is 9.26 Å². The first-order valence-corrected chi connectivity index (χ1v) is 10.3. The third-order valence-electron chi connectivity index (χ3n) is 5.49. The maximum Gasteiger partial charge on any atom is 0.321 e. The second kappa shape index (κ2) is 8.98. The van der Waals surface area contributed by atoms with Crippen molar-refractivity contribution >= 4 is 11.7 Å². The molecule has 2 heterocycles. The van der Waals surface area contributed by atoms with Crippen LogP contribution in [0.4, 0.5) is 10.5 Å². The maximum atomic E-state index is 12.6. The molecule has 1 saturated heterocycles. The summed E-state index contributed by atoms with van der Waals surface area (Å²) in [6, 6.07) is 15.5. The van der Waals surface area contributed by atoms with E-state index in [1.807, 2.05) is 47.4 Å². The molecule has 4 rings (SSSR count). The number of aromatic nitrogens is 2. The van der Waals surface area contributed by atoms with Crippen molar-refractivity contribution in [2.75, 3.05) is 25.5 Å². The van der Waals surface area contributed by atoms with E-state index in [-0.39, 0.29) is 11.9 Å². The SMILES string of the molecule is CCc1cccc(NC(=O)N2CCC(c3nc(-c4cccc(OC)c4)no3)CC2)c1. The number of amides is 2. The Morgan fingerprint density at radius 2 is 2.00 bits per heavy atom. The number of nitrogens with one attached hydrogen (secondary N) is 1. The molecule has 1 N–H and O–H groups in total. The number of methoxy groups -OCH3 is 1. The van der Waals surface area contributed by atoms with Crippen LogP contribution in [0, 0.1) is 0 Å². The molecule has 0 unspecified atom stereocenters. The second-order valence-corrected chi connectivity index (χ2v) is 7.43. The van der Waals surface area contributed by atoms with Crippen molar-refractivity contribution in [2.45, 2.75) is 32.1 Å². The van der Waals surface area contributed by atoms with Crippen molar-refractivity contribution in [3.05, 3.63) is 60.0 Å². The Morgan fingerprint density at radius 1 is 1.20 bits per heavy atom. The normalized spacial score (nSPS) is 14.5. The van der Waals surface area contributed by atoms with Crippen LogP contribution in [-0.4, -0.2) is 41.3 Å². The van der Waals surface area contributed by atoms with Crippen molar-refractivity contribution < 1.29 is 14.1 Å². The van der Waals surface area contributed by atoms with Gasteiger partial charge in [-0.05, 0) is 49.1 Å². The number of nitrogens with zero attached hydrogens (tertiary/aromatic N) is 3. The van der Waals surface area contributed by atoms with Crippen molar-refractivity contribution in [1.82, 2.24) is 15.0 Å². The Kier molecular flexibility index (Phi) is 5.97. The molecule has 0 aliphatic carbocycles. The van der Waals surface area contributed by atoms with Crippen LogP contribution >= 0.6 is 0 Å². The Bertz CT molecular complexity index is 1010. The molecule has 0 spiro atoms. The van der Waals surface area contributed by atoms with Gasteiger partial charge in [-0.1, -0.05) is 36.3 Å². The molecule has 7 heteroatoms. The van der Waals surface area contributed by atoms with Gasteiger partial charge in [0.05, 0.1) is 7.11 Å². The highest BCUT2D eigenvalue weighted by molar-refractivity contribution is 5.89. The molecule has 0 radical (unpaired) electrons. The molecule has 3 aromatic rings. The highest BCUT2D eigenvalue weighted by atomic mass is 16.5. The van der Waals surface area contributed by atoms with E-state index in [0.29, 0.717) is 24.8 Å². The second-order valence-electron chi connectivity index (χ2n) is 7.43. The van der Waals surface area contributed by atoms with Gasteiger partial charge in [0, 0.05) is 30.3 Å². The van der Waals surface area contributed by atoms with Gasteiger partial charge in [0.2, 0.25) is 11.7 Å². The van der Waals surface area contributed by atoms with E-state index in [0.717, 1.165) is 36.3 Å². The van der Waals surface area contributed by atoms with Crippen LogP contribution in [0.1, 0.15) is 37.1 Å². The molecule has 1 fully saturated rings. The first kappa shape index (κ1) is 19.9. The van der Waals surface area contributed by atoms with E-state index in [1.54, 1.807) is 7.11 Å². The highest BCUT2D eigenvalue weighted by Gasteiger charge is 2.27. The fourth-order valence-corrected chi connectivity index (χ4v) is 3.68. The van der Waals surface area contributed by atoms with Crippen LogP contribution in [-0.2, 0) is 6.42 Å².